The number of amidine groups is 1. The second-order valence-electron chi connectivity index (χ2n) is 9.23. The van der Waals surface area contributed by atoms with E-state index in [9.17, 15) is 18.4 Å². The minimum atomic E-state index is -2.98. The number of carbonyl (C=O) groups excluding carboxylic acids is 2. The maximum atomic E-state index is 12.9. The lowest BCUT2D eigenvalue weighted by Crippen LogP contribution is -2.50. The Morgan fingerprint density at radius 2 is 2.00 bits per heavy atom. The zero-order valence-electron chi connectivity index (χ0n) is 21.0. The topological polar surface area (TPSA) is 115 Å². The molecule has 1 aromatic carbocycles. The second-order valence-corrected chi connectivity index (χ2v) is 11.1. The van der Waals surface area contributed by atoms with E-state index in [1.165, 1.54) is 29.2 Å². The molecule has 2 aliphatic rings. The number of hydrogen-bond donors (Lipinski definition) is 2. The van der Waals surface area contributed by atoms with Gasteiger partial charge in [0.15, 0.2) is 5.17 Å². The molecule has 2 aliphatic heterocycles. The van der Waals surface area contributed by atoms with Crippen LogP contribution in [0.25, 0.3) is 0 Å². The van der Waals surface area contributed by atoms with Crippen molar-refractivity contribution in [1.29, 1.82) is 0 Å². The van der Waals surface area contributed by atoms with E-state index in [0.29, 0.717) is 27.1 Å². The number of halogens is 2. The highest BCUT2D eigenvalue weighted by molar-refractivity contribution is 8.13. The molecule has 5 rings (SSSR count). The van der Waals surface area contributed by atoms with E-state index < -0.39 is 18.1 Å². The molecule has 204 valence electrons. The molecular weight excluding hydrogens is 548 g/mol. The number of rotatable bonds is 6. The second kappa shape index (κ2) is 11.4. The van der Waals surface area contributed by atoms with Crippen molar-refractivity contribution >= 4 is 45.9 Å². The molecule has 2 aromatic heterocycles. The number of benzene rings is 1. The summed E-state index contributed by atoms with van der Waals surface area (Å²) in [4.78, 5) is 39.3. The van der Waals surface area contributed by atoms with Gasteiger partial charge < -0.3 is 20.1 Å². The number of carbonyl (C=O) groups is 2. The van der Waals surface area contributed by atoms with Crippen LogP contribution >= 0.6 is 23.1 Å². The molecule has 0 bridgehead atoms. The van der Waals surface area contributed by atoms with Crippen LogP contribution in [0, 0.1) is 12.8 Å². The van der Waals surface area contributed by atoms with Gasteiger partial charge in [-0.05, 0) is 44.0 Å². The first-order chi connectivity index (χ1) is 18.7. The summed E-state index contributed by atoms with van der Waals surface area (Å²) in [6.45, 7) is 0.904. The first kappa shape index (κ1) is 27.2. The maximum Gasteiger partial charge on any atom is 0.387 e. The van der Waals surface area contributed by atoms with Crippen LogP contribution in [0.5, 0.6) is 5.75 Å². The summed E-state index contributed by atoms with van der Waals surface area (Å²) in [7, 11) is 0. The van der Waals surface area contributed by atoms with Crippen molar-refractivity contribution in [1.82, 2.24) is 15.3 Å². The Kier molecular flexibility index (Phi) is 7.91. The van der Waals surface area contributed by atoms with Gasteiger partial charge in [0.25, 0.3) is 11.8 Å². The molecule has 13 heteroatoms. The molecule has 1 fully saturated rings. The number of aliphatic imine (C=N–C) groups is 1. The summed E-state index contributed by atoms with van der Waals surface area (Å²) in [6.07, 6.45) is 1.91. The summed E-state index contributed by atoms with van der Waals surface area (Å²) in [5.74, 6) is 0.233. The lowest BCUT2D eigenvalue weighted by Gasteiger charge is -2.44. The zero-order chi connectivity index (χ0) is 27.6. The number of anilines is 1. The van der Waals surface area contributed by atoms with Crippen LogP contribution in [-0.2, 0) is 10.3 Å². The standard InChI is InChI=1S/C26H25F2N5O4S2/c1-14-8-18(37-24(27)28)10-29-20(14)22(35)30-19-12-38-23(31-19)26-13-36-15(2)9-17(26)11-39-25(33-26)32-21(34)16-6-4-3-5-7-16/h3-8,10,12,15,17,24H,9,11,13H2,1-2H3,(H,30,35)(H,32,33,34)/t15-,17-,26?/m0/s1. The molecule has 39 heavy (non-hydrogen) atoms. The van der Waals surface area contributed by atoms with Crippen LogP contribution in [0.4, 0.5) is 14.6 Å². The third-order valence-electron chi connectivity index (χ3n) is 6.47. The highest BCUT2D eigenvalue weighted by atomic mass is 32.2. The van der Waals surface area contributed by atoms with E-state index >= 15 is 0 Å². The van der Waals surface area contributed by atoms with Crippen LogP contribution in [0.3, 0.4) is 0 Å². The van der Waals surface area contributed by atoms with E-state index in [0.717, 1.165) is 18.4 Å². The predicted molar refractivity (Wildman–Crippen MR) is 145 cm³/mol. The van der Waals surface area contributed by atoms with Gasteiger partial charge >= 0.3 is 6.61 Å². The third-order valence-corrected chi connectivity index (χ3v) is 8.51. The van der Waals surface area contributed by atoms with Gasteiger partial charge in [0.1, 0.15) is 27.8 Å². The van der Waals surface area contributed by atoms with Gasteiger partial charge in [-0.15, -0.1) is 11.3 Å². The third kappa shape index (κ3) is 5.94. The summed E-state index contributed by atoms with van der Waals surface area (Å²) in [6, 6.07) is 10.2. The monoisotopic (exact) mass is 573 g/mol. The van der Waals surface area contributed by atoms with E-state index in [1.807, 2.05) is 13.0 Å². The first-order valence-electron chi connectivity index (χ1n) is 12.1. The number of nitrogens with zero attached hydrogens (tertiary/aromatic N) is 3. The van der Waals surface area contributed by atoms with Gasteiger partial charge in [-0.1, -0.05) is 30.0 Å². The Balaban J connectivity index is 1.37. The molecule has 0 spiro atoms. The van der Waals surface area contributed by atoms with Crippen LogP contribution in [0.1, 0.15) is 44.8 Å². The fraction of sp³-hybridized carbons (Fsp3) is 0.346. The van der Waals surface area contributed by atoms with Gasteiger partial charge in [0.05, 0.1) is 18.9 Å². The zero-order valence-corrected chi connectivity index (χ0v) is 22.7. The summed E-state index contributed by atoms with van der Waals surface area (Å²) in [5, 5.41) is 8.50. The predicted octanol–water partition coefficient (Wildman–Crippen LogP) is 4.85. The van der Waals surface area contributed by atoms with Crippen molar-refractivity contribution in [3.63, 3.8) is 0 Å². The molecular formula is C26H25F2N5O4S2. The molecule has 2 amide bonds. The molecule has 3 aromatic rings. The largest absolute Gasteiger partial charge is 0.433 e. The molecule has 3 atom stereocenters. The smallest absolute Gasteiger partial charge is 0.387 e. The number of thioether (sulfide) groups is 1. The van der Waals surface area contributed by atoms with Gasteiger partial charge in [-0.2, -0.15) is 8.78 Å². The number of pyridine rings is 1. The SMILES string of the molecule is Cc1cc(OC(F)F)cnc1C(=O)Nc1csc(C23CO[C@@H](C)C[C@H]2CSC(NC(=O)c2ccccc2)=N3)n1. The van der Waals surface area contributed by atoms with Crippen molar-refractivity contribution in [3.05, 3.63) is 69.8 Å². The number of hydrogen-bond acceptors (Lipinski definition) is 9. The van der Waals surface area contributed by atoms with Crippen LogP contribution in [0.2, 0.25) is 0 Å². The van der Waals surface area contributed by atoms with Gasteiger partial charge in [-0.25, -0.2) is 15.0 Å². The Labute approximate surface area is 231 Å². The van der Waals surface area contributed by atoms with E-state index in [1.54, 1.807) is 36.6 Å². The Morgan fingerprint density at radius 3 is 2.74 bits per heavy atom. The average molecular weight is 574 g/mol. The minimum Gasteiger partial charge on any atom is -0.433 e. The lowest BCUT2D eigenvalue weighted by molar-refractivity contribution is -0.0501. The fourth-order valence-electron chi connectivity index (χ4n) is 4.54. The van der Waals surface area contributed by atoms with E-state index in [-0.39, 0.29) is 36.0 Å². The number of nitrogens with one attached hydrogen (secondary N) is 2. The molecule has 1 unspecified atom stereocenters. The van der Waals surface area contributed by atoms with Crippen molar-refractivity contribution in [2.24, 2.45) is 10.9 Å². The molecule has 2 N–H and O–H groups in total. The molecule has 0 aliphatic carbocycles. The van der Waals surface area contributed by atoms with Crippen LogP contribution in [0.15, 0.2) is 53.0 Å². The summed E-state index contributed by atoms with van der Waals surface area (Å²) in [5.41, 5.74) is 0.159. The van der Waals surface area contributed by atoms with Crippen molar-refractivity contribution in [3.8, 4) is 5.75 Å². The Bertz CT molecular complexity index is 1400. The number of aromatic nitrogens is 2. The molecule has 0 radical (unpaired) electrons. The maximum absolute atomic E-state index is 12.9. The number of thiazole rings is 1. The number of fused-ring (bicyclic) bond motifs is 1. The highest BCUT2D eigenvalue weighted by Gasteiger charge is 2.50. The molecule has 9 nitrogen and oxygen atoms in total. The summed E-state index contributed by atoms with van der Waals surface area (Å²) >= 11 is 2.84. The number of aryl methyl sites for hydroxylation is 1. The fourth-order valence-corrected chi connectivity index (χ4v) is 6.66. The lowest BCUT2D eigenvalue weighted by atomic mass is 9.80. The van der Waals surface area contributed by atoms with Gasteiger partial charge in [0, 0.05) is 22.6 Å². The van der Waals surface area contributed by atoms with E-state index in [4.69, 9.17) is 9.73 Å². The Morgan fingerprint density at radius 1 is 1.21 bits per heavy atom. The minimum absolute atomic E-state index is 0.0598. The quantitative estimate of drug-likeness (QED) is 0.433. The molecule has 4 heterocycles. The highest BCUT2D eigenvalue weighted by Crippen LogP contribution is 2.47. The average Bonchev–Trinajstić information content (AvgIpc) is 3.38. The van der Waals surface area contributed by atoms with Crippen molar-refractivity contribution < 1.29 is 27.8 Å². The number of alkyl halides is 2. The number of amides is 2. The summed E-state index contributed by atoms with van der Waals surface area (Å²) < 4.78 is 35.3. The van der Waals surface area contributed by atoms with E-state index in [2.05, 4.69) is 25.3 Å². The van der Waals surface area contributed by atoms with Crippen molar-refractivity contribution in [2.75, 3.05) is 17.7 Å². The van der Waals surface area contributed by atoms with Crippen LogP contribution < -0.4 is 15.4 Å². The Hall–Kier alpha value is -3.42. The molecule has 0 saturated carbocycles. The number of ether oxygens (including phenoxy) is 2. The van der Waals surface area contributed by atoms with Crippen molar-refractivity contribution in [2.45, 2.75) is 38.5 Å². The van der Waals surface area contributed by atoms with Gasteiger partial charge in [-0.3, -0.25) is 9.59 Å². The first-order valence-corrected chi connectivity index (χ1v) is 14.0. The normalized spacial score (nSPS) is 22.5. The van der Waals surface area contributed by atoms with Gasteiger partial charge in [0.2, 0.25) is 0 Å². The van der Waals surface area contributed by atoms with Crippen LogP contribution in [-0.4, -0.2) is 52.0 Å². The molecule has 1 saturated heterocycles.